The molecule has 0 bridgehead atoms. The van der Waals surface area contributed by atoms with Gasteiger partial charge < -0.3 is 9.84 Å². The third-order valence-corrected chi connectivity index (χ3v) is 3.92. The number of anilines is 1. The van der Waals surface area contributed by atoms with Crippen LogP contribution in [0.1, 0.15) is 23.2 Å². The van der Waals surface area contributed by atoms with E-state index in [0.717, 1.165) is 22.2 Å². The number of hydrogen-bond acceptors (Lipinski definition) is 5. The lowest BCUT2D eigenvalue weighted by Crippen LogP contribution is -2.11. The number of benzene rings is 1. The molecule has 0 aliphatic rings. The van der Waals surface area contributed by atoms with Crippen LogP contribution in [0.3, 0.4) is 0 Å². The van der Waals surface area contributed by atoms with E-state index in [2.05, 4.69) is 25.7 Å². The predicted octanol–water partition coefficient (Wildman–Crippen LogP) is 3.43. The Morgan fingerprint density at radius 1 is 1.24 bits per heavy atom. The summed E-state index contributed by atoms with van der Waals surface area (Å²) in [6.45, 7) is 1.94. The Balaban J connectivity index is 1.74. The van der Waals surface area contributed by atoms with Gasteiger partial charge in [-0.1, -0.05) is 42.4 Å². The van der Waals surface area contributed by atoms with Gasteiger partial charge in [-0.25, -0.2) is 4.98 Å². The second kappa shape index (κ2) is 6.20. The minimum atomic E-state index is -0.388. The minimum absolute atomic E-state index is 0.157. The number of aromatic nitrogens is 4. The Bertz CT molecular complexity index is 1040. The highest BCUT2D eigenvalue weighted by atomic mass is 16.5. The Morgan fingerprint density at radius 3 is 2.84 bits per heavy atom. The van der Waals surface area contributed by atoms with Crippen molar-refractivity contribution in [2.24, 2.45) is 0 Å². The average molecular weight is 333 g/mol. The van der Waals surface area contributed by atoms with Crippen LogP contribution in [-0.2, 0) is 6.42 Å². The summed E-state index contributed by atoms with van der Waals surface area (Å²) in [6, 6.07) is 13.4. The van der Waals surface area contributed by atoms with Crippen LogP contribution >= 0.6 is 0 Å². The topological polar surface area (TPSA) is 96.7 Å². The number of amides is 1. The second-order valence-electron chi connectivity index (χ2n) is 5.51. The summed E-state index contributed by atoms with van der Waals surface area (Å²) in [5.74, 6) is 0.242. The Morgan fingerprint density at radius 2 is 2.08 bits per heavy atom. The van der Waals surface area contributed by atoms with Crippen molar-refractivity contribution in [1.29, 1.82) is 0 Å². The molecule has 0 fully saturated rings. The van der Waals surface area contributed by atoms with Crippen LogP contribution in [0.15, 0.2) is 53.2 Å². The van der Waals surface area contributed by atoms with Crippen LogP contribution < -0.4 is 5.32 Å². The van der Waals surface area contributed by atoms with Crippen molar-refractivity contribution < 1.29 is 9.32 Å². The molecular formula is C18H15N5O2. The predicted molar refractivity (Wildman–Crippen MR) is 93.2 cm³/mol. The maximum atomic E-state index is 12.4. The number of fused-ring (bicyclic) bond motifs is 1. The summed E-state index contributed by atoms with van der Waals surface area (Å²) < 4.78 is 5.08. The molecule has 0 aliphatic carbocycles. The lowest BCUT2D eigenvalue weighted by atomic mass is 10.0. The number of nitrogens with one attached hydrogen (secondary N) is 2. The number of aromatic amines is 1. The van der Waals surface area contributed by atoms with Gasteiger partial charge in [0.2, 0.25) is 5.76 Å². The number of H-pyrrole nitrogens is 1. The first kappa shape index (κ1) is 15.1. The van der Waals surface area contributed by atoms with Crippen LogP contribution in [0, 0.1) is 0 Å². The highest BCUT2D eigenvalue weighted by molar-refractivity contribution is 6.09. The molecular weight excluding hydrogens is 318 g/mol. The first-order chi connectivity index (χ1) is 12.3. The lowest BCUT2D eigenvalue weighted by molar-refractivity contribution is 0.0987. The smallest absolute Gasteiger partial charge is 0.295 e. The van der Waals surface area contributed by atoms with E-state index in [1.807, 2.05) is 43.3 Å². The molecule has 0 atom stereocenters. The van der Waals surface area contributed by atoms with E-state index in [1.54, 1.807) is 12.3 Å². The van der Waals surface area contributed by atoms with E-state index in [0.29, 0.717) is 17.9 Å². The molecule has 0 aliphatic heterocycles. The molecule has 2 N–H and O–H groups in total. The van der Waals surface area contributed by atoms with Gasteiger partial charge in [-0.2, -0.15) is 5.10 Å². The molecule has 0 spiro atoms. The van der Waals surface area contributed by atoms with E-state index in [1.165, 1.54) is 0 Å². The molecule has 124 valence electrons. The fourth-order valence-corrected chi connectivity index (χ4v) is 2.66. The van der Waals surface area contributed by atoms with Crippen LogP contribution in [0.4, 0.5) is 5.82 Å². The fraction of sp³-hybridized carbons (Fsp3) is 0.111. The Labute approximate surface area is 143 Å². The van der Waals surface area contributed by atoms with E-state index >= 15 is 0 Å². The normalized spacial score (nSPS) is 10.9. The van der Waals surface area contributed by atoms with Crippen LogP contribution in [0.5, 0.6) is 0 Å². The molecule has 25 heavy (non-hydrogen) atoms. The van der Waals surface area contributed by atoms with Gasteiger partial charge in [-0.15, -0.1) is 0 Å². The zero-order valence-electron chi connectivity index (χ0n) is 13.5. The summed E-state index contributed by atoms with van der Waals surface area (Å²) in [4.78, 5) is 16.7. The van der Waals surface area contributed by atoms with Gasteiger partial charge in [-0.05, 0) is 23.6 Å². The van der Waals surface area contributed by atoms with Crippen molar-refractivity contribution in [3.8, 4) is 11.1 Å². The standard InChI is InChI=1S/C18H15N5O2/c1-2-12-10-14(25-23-12)18(24)20-17-15-13(11-6-4-3-5-7-11)8-9-19-16(15)21-22-17/h3-10H,2H2,1H3,(H2,19,20,21,22,24). The van der Waals surface area contributed by atoms with E-state index in [4.69, 9.17) is 4.52 Å². The molecule has 1 amide bonds. The molecule has 3 heterocycles. The molecule has 0 saturated heterocycles. The molecule has 0 saturated carbocycles. The third kappa shape index (κ3) is 2.76. The van der Waals surface area contributed by atoms with Crippen LogP contribution in [0.2, 0.25) is 0 Å². The van der Waals surface area contributed by atoms with Crippen molar-refractivity contribution in [3.63, 3.8) is 0 Å². The van der Waals surface area contributed by atoms with Gasteiger partial charge in [0, 0.05) is 12.3 Å². The summed E-state index contributed by atoms with van der Waals surface area (Å²) in [5, 5.41) is 14.4. The van der Waals surface area contributed by atoms with Crippen LogP contribution in [-0.4, -0.2) is 26.2 Å². The summed E-state index contributed by atoms with van der Waals surface area (Å²) >= 11 is 0. The van der Waals surface area contributed by atoms with E-state index < -0.39 is 0 Å². The second-order valence-corrected chi connectivity index (χ2v) is 5.51. The SMILES string of the molecule is CCc1cc(C(=O)Nc2[nH]nc3nccc(-c4ccccc4)c23)on1. The minimum Gasteiger partial charge on any atom is -0.351 e. The molecule has 4 rings (SSSR count). The first-order valence-corrected chi connectivity index (χ1v) is 7.91. The molecule has 0 radical (unpaired) electrons. The van der Waals surface area contributed by atoms with Crippen molar-refractivity contribution in [2.75, 3.05) is 5.32 Å². The molecule has 4 aromatic rings. The Hall–Kier alpha value is -3.48. The van der Waals surface area contributed by atoms with E-state index in [9.17, 15) is 4.79 Å². The number of pyridine rings is 1. The third-order valence-electron chi connectivity index (χ3n) is 3.92. The van der Waals surface area contributed by atoms with Gasteiger partial charge in [0.15, 0.2) is 5.65 Å². The molecule has 0 unspecified atom stereocenters. The number of nitrogens with zero attached hydrogens (tertiary/aromatic N) is 3. The monoisotopic (exact) mass is 333 g/mol. The van der Waals surface area contributed by atoms with E-state index in [-0.39, 0.29) is 11.7 Å². The number of rotatable bonds is 4. The lowest BCUT2D eigenvalue weighted by Gasteiger charge is -2.05. The van der Waals surface area contributed by atoms with Gasteiger partial charge in [0.1, 0.15) is 5.82 Å². The van der Waals surface area contributed by atoms with Gasteiger partial charge >= 0.3 is 0 Å². The number of carbonyl (C=O) groups excluding carboxylic acids is 1. The first-order valence-electron chi connectivity index (χ1n) is 7.91. The quantitative estimate of drug-likeness (QED) is 0.596. The summed E-state index contributed by atoms with van der Waals surface area (Å²) in [6.07, 6.45) is 2.40. The highest BCUT2D eigenvalue weighted by Crippen LogP contribution is 2.31. The number of hydrogen-bond donors (Lipinski definition) is 2. The molecule has 7 heteroatoms. The molecule has 7 nitrogen and oxygen atoms in total. The van der Waals surface area contributed by atoms with Crippen molar-refractivity contribution in [1.82, 2.24) is 20.3 Å². The van der Waals surface area contributed by atoms with Gasteiger partial charge in [-0.3, -0.25) is 9.89 Å². The molecule has 1 aromatic carbocycles. The molecule has 3 aromatic heterocycles. The summed E-state index contributed by atoms with van der Waals surface area (Å²) in [7, 11) is 0. The maximum absolute atomic E-state index is 12.4. The maximum Gasteiger partial charge on any atom is 0.295 e. The zero-order chi connectivity index (χ0) is 17.2. The zero-order valence-corrected chi connectivity index (χ0v) is 13.5. The largest absolute Gasteiger partial charge is 0.351 e. The van der Waals surface area contributed by atoms with Crippen LogP contribution in [0.25, 0.3) is 22.2 Å². The van der Waals surface area contributed by atoms with Crippen molar-refractivity contribution in [2.45, 2.75) is 13.3 Å². The van der Waals surface area contributed by atoms with Gasteiger partial charge in [0.25, 0.3) is 5.91 Å². The van der Waals surface area contributed by atoms with Gasteiger partial charge in [0.05, 0.1) is 11.1 Å². The highest BCUT2D eigenvalue weighted by Gasteiger charge is 2.18. The number of aryl methyl sites for hydroxylation is 1. The van der Waals surface area contributed by atoms with Crippen molar-refractivity contribution >= 4 is 22.8 Å². The Kier molecular flexibility index (Phi) is 3.74. The van der Waals surface area contributed by atoms with Crippen molar-refractivity contribution in [3.05, 3.63) is 60.1 Å². The average Bonchev–Trinajstić information content (AvgIpc) is 3.29. The summed E-state index contributed by atoms with van der Waals surface area (Å²) in [5.41, 5.74) is 3.20. The number of carbonyl (C=O) groups is 1. The fourth-order valence-electron chi connectivity index (χ4n) is 2.66.